The fraction of sp³-hybridized carbons (Fsp3) is 0.158. The lowest BCUT2D eigenvalue weighted by Gasteiger charge is -2.11. The highest BCUT2D eigenvalue weighted by Gasteiger charge is 2.17. The van der Waals surface area contributed by atoms with Crippen molar-refractivity contribution in [1.29, 1.82) is 0 Å². The first-order valence-electron chi connectivity index (χ1n) is 8.17. The molecular formula is C19H16FN3O2S. The number of carbonyl (C=O) groups excluding carboxylic acids is 1. The summed E-state index contributed by atoms with van der Waals surface area (Å²) in [5.74, 6) is 0.236. The molecule has 132 valence electrons. The van der Waals surface area contributed by atoms with Gasteiger partial charge in [-0.3, -0.25) is 4.79 Å². The Balaban J connectivity index is 1.48. The number of benzene rings is 2. The molecule has 1 amide bonds. The van der Waals surface area contributed by atoms with Gasteiger partial charge in [-0.15, -0.1) is 0 Å². The first-order valence-corrected chi connectivity index (χ1v) is 9.16. The average molecular weight is 369 g/mol. The van der Waals surface area contributed by atoms with E-state index < -0.39 is 5.82 Å². The standard InChI is InChI=1S/C19H16FN3O2S/c20-14-6-2-4-8-17(14)25-12-18(24)21-15-7-3-1-5-13(15)16-11-23-9-10-26-19(23)22-16/h1-8,11H,9-10,12H2,(H,21,24). The van der Waals surface area contributed by atoms with Crippen molar-refractivity contribution in [3.63, 3.8) is 0 Å². The molecule has 0 aliphatic carbocycles. The predicted octanol–water partition coefficient (Wildman–Crippen LogP) is 3.81. The van der Waals surface area contributed by atoms with Crippen LogP contribution >= 0.6 is 11.8 Å². The van der Waals surface area contributed by atoms with E-state index in [-0.39, 0.29) is 18.3 Å². The van der Waals surface area contributed by atoms with Crippen LogP contribution in [0.4, 0.5) is 10.1 Å². The number of carbonyl (C=O) groups is 1. The van der Waals surface area contributed by atoms with Crippen LogP contribution in [0.15, 0.2) is 59.9 Å². The quantitative estimate of drug-likeness (QED) is 0.743. The maximum absolute atomic E-state index is 13.6. The smallest absolute Gasteiger partial charge is 0.262 e. The normalized spacial score (nSPS) is 12.7. The average Bonchev–Trinajstić information content (AvgIpc) is 3.23. The van der Waals surface area contributed by atoms with Gasteiger partial charge in [0.05, 0.1) is 11.4 Å². The van der Waals surface area contributed by atoms with E-state index in [0.717, 1.165) is 28.7 Å². The number of aryl methyl sites for hydroxylation is 1. The lowest BCUT2D eigenvalue weighted by Crippen LogP contribution is -2.20. The van der Waals surface area contributed by atoms with Crippen LogP contribution in [0.1, 0.15) is 0 Å². The van der Waals surface area contributed by atoms with E-state index in [1.54, 1.807) is 23.9 Å². The SMILES string of the molecule is O=C(COc1ccccc1F)Nc1ccccc1-c1cn2c(n1)SCC2. The highest BCUT2D eigenvalue weighted by Crippen LogP contribution is 2.32. The summed E-state index contributed by atoms with van der Waals surface area (Å²) in [6, 6.07) is 13.5. The molecule has 0 saturated heterocycles. The Labute approximate surface area is 154 Å². The molecule has 0 bridgehead atoms. The zero-order valence-electron chi connectivity index (χ0n) is 13.8. The molecule has 2 aromatic carbocycles. The van der Waals surface area contributed by atoms with Gasteiger partial charge >= 0.3 is 0 Å². The number of aromatic nitrogens is 2. The Kier molecular flexibility index (Phi) is 4.62. The van der Waals surface area contributed by atoms with E-state index in [9.17, 15) is 9.18 Å². The molecule has 1 N–H and O–H groups in total. The Morgan fingerprint density at radius 1 is 1.23 bits per heavy atom. The third kappa shape index (κ3) is 3.43. The summed E-state index contributed by atoms with van der Waals surface area (Å²) in [5.41, 5.74) is 2.31. The van der Waals surface area contributed by atoms with E-state index in [0.29, 0.717) is 5.69 Å². The number of para-hydroxylation sites is 2. The van der Waals surface area contributed by atoms with Crippen LogP contribution in [-0.2, 0) is 11.3 Å². The van der Waals surface area contributed by atoms with Gasteiger partial charge in [0.15, 0.2) is 23.3 Å². The van der Waals surface area contributed by atoms with Gasteiger partial charge in [-0.25, -0.2) is 9.37 Å². The molecule has 0 saturated carbocycles. The fourth-order valence-electron chi connectivity index (χ4n) is 2.75. The van der Waals surface area contributed by atoms with E-state index in [2.05, 4.69) is 14.9 Å². The van der Waals surface area contributed by atoms with Crippen molar-refractivity contribution in [3.05, 3.63) is 60.5 Å². The second-order valence-electron chi connectivity index (χ2n) is 5.76. The van der Waals surface area contributed by atoms with Gasteiger partial charge in [-0.05, 0) is 18.2 Å². The lowest BCUT2D eigenvalue weighted by atomic mass is 10.1. The molecule has 0 atom stereocenters. The largest absolute Gasteiger partial charge is 0.481 e. The molecule has 1 aliphatic rings. The second kappa shape index (κ2) is 7.21. The molecule has 0 radical (unpaired) electrons. The van der Waals surface area contributed by atoms with Gasteiger partial charge in [0.1, 0.15) is 0 Å². The minimum Gasteiger partial charge on any atom is -0.481 e. The predicted molar refractivity (Wildman–Crippen MR) is 98.9 cm³/mol. The summed E-state index contributed by atoms with van der Waals surface area (Å²) in [6.07, 6.45) is 2.00. The van der Waals surface area contributed by atoms with Crippen molar-refractivity contribution in [2.24, 2.45) is 0 Å². The van der Waals surface area contributed by atoms with Crippen molar-refractivity contribution < 1.29 is 13.9 Å². The molecular weight excluding hydrogens is 353 g/mol. The number of rotatable bonds is 5. The molecule has 2 heterocycles. The van der Waals surface area contributed by atoms with Gasteiger partial charge in [0.2, 0.25) is 0 Å². The van der Waals surface area contributed by atoms with E-state index in [1.807, 2.05) is 30.5 Å². The van der Waals surface area contributed by atoms with Crippen LogP contribution in [0.2, 0.25) is 0 Å². The van der Waals surface area contributed by atoms with Crippen molar-refractivity contribution in [3.8, 4) is 17.0 Å². The Hall–Kier alpha value is -2.80. The zero-order valence-corrected chi connectivity index (χ0v) is 14.6. The second-order valence-corrected chi connectivity index (χ2v) is 6.83. The first-order chi connectivity index (χ1) is 12.7. The number of fused-ring (bicyclic) bond motifs is 1. The Morgan fingerprint density at radius 3 is 2.88 bits per heavy atom. The number of nitrogens with one attached hydrogen (secondary N) is 1. The number of nitrogens with zero attached hydrogens (tertiary/aromatic N) is 2. The van der Waals surface area contributed by atoms with Crippen LogP contribution in [0, 0.1) is 5.82 Å². The highest BCUT2D eigenvalue weighted by molar-refractivity contribution is 7.99. The van der Waals surface area contributed by atoms with Crippen LogP contribution in [0.3, 0.4) is 0 Å². The number of imidazole rings is 1. The van der Waals surface area contributed by atoms with Crippen molar-refractivity contribution in [1.82, 2.24) is 9.55 Å². The number of amides is 1. The molecule has 4 rings (SSSR count). The molecule has 5 nitrogen and oxygen atoms in total. The minimum absolute atomic E-state index is 0.0542. The molecule has 0 unspecified atom stereocenters. The highest BCUT2D eigenvalue weighted by atomic mass is 32.2. The summed E-state index contributed by atoms with van der Waals surface area (Å²) in [6.45, 7) is 0.669. The van der Waals surface area contributed by atoms with Gasteiger partial charge in [0, 0.05) is 24.1 Å². The van der Waals surface area contributed by atoms with Crippen LogP contribution < -0.4 is 10.1 Å². The molecule has 0 spiro atoms. The van der Waals surface area contributed by atoms with Gasteiger partial charge in [0.25, 0.3) is 5.91 Å². The number of halogens is 1. The summed E-state index contributed by atoms with van der Waals surface area (Å²) < 4.78 is 20.9. The summed E-state index contributed by atoms with van der Waals surface area (Å²) >= 11 is 1.72. The summed E-state index contributed by atoms with van der Waals surface area (Å²) in [4.78, 5) is 16.9. The van der Waals surface area contributed by atoms with Gasteiger partial charge in [-0.2, -0.15) is 0 Å². The fourth-order valence-corrected chi connectivity index (χ4v) is 3.69. The topological polar surface area (TPSA) is 56.1 Å². The lowest BCUT2D eigenvalue weighted by molar-refractivity contribution is -0.118. The molecule has 1 aromatic heterocycles. The molecule has 0 fully saturated rings. The number of hydrogen-bond acceptors (Lipinski definition) is 4. The molecule has 3 aromatic rings. The van der Waals surface area contributed by atoms with Crippen LogP contribution in [-0.4, -0.2) is 27.8 Å². The number of ether oxygens (including phenoxy) is 1. The number of anilines is 1. The minimum atomic E-state index is -0.495. The van der Waals surface area contributed by atoms with E-state index in [4.69, 9.17) is 4.74 Å². The summed E-state index contributed by atoms with van der Waals surface area (Å²) in [5, 5.41) is 3.81. The molecule has 26 heavy (non-hydrogen) atoms. The van der Waals surface area contributed by atoms with E-state index >= 15 is 0 Å². The van der Waals surface area contributed by atoms with Gasteiger partial charge < -0.3 is 14.6 Å². The Bertz CT molecular complexity index is 936. The monoisotopic (exact) mass is 369 g/mol. The van der Waals surface area contributed by atoms with Crippen LogP contribution in [0.5, 0.6) is 5.75 Å². The van der Waals surface area contributed by atoms with Crippen molar-refractivity contribution >= 4 is 23.4 Å². The Morgan fingerprint density at radius 2 is 2.04 bits per heavy atom. The van der Waals surface area contributed by atoms with Gasteiger partial charge in [-0.1, -0.05) is 42.1 Å². The maximum atomic E-state index is 13.6. The van der Waals surface area contributed by atoms with Crippen molar-refractivity contribution in [2.45, 2.75) is 11.7 Å². The first kappa shape index (κ1) is 16.7. The third-order valence-corrected chi connectivity index (χ3v) is 4.95. The molecule has 7 heteroatoms. The van der Waals surface area contributed by atoms with E-state index in [1.165, 1.54) is 12.1 Å². The van der Waals surface area contributed by atoms with Crippen molar-refractivity contribution in [2.75, 3.05) is 17.7 Å². The number of thioether (sulfide) groups is 1. The maximum Gasteiger partial charge on any atom is 0.262 e. The van der Waals surface area contributed by atoms with Crippen LogP contribution in [0.25, 0.3) is 11.3 Å². The third-order valence-electron chi connectivity index (χ3n) is 3.98. The molecule has 1 aliphatic heterocycles. The number of hydrogen-bond donors (Lipinski definition) is 1. The summed E-state index contributed by atoms with van der Waals surface area (Å²) in [7, 11) is 0. The zero-order chi connectivity index (χ0) is 17.9.